The highest BCUT2D eigenvalue weighted by Crippen LogP contribution is 2.67. The summed E-state index contributed by atoms with van der Waals surface area (Å²) in [4.78, 5) is 5.16. The zero-order valence-corrected chi connectivity index (χ0v) is 32.7. The first-order valence-electron chi connectivity index (χ1n) is 20.3. The van der Waals surface area contributed by atoms with Crippen LogP contribution in [0.2, 0.25) is 0 Å². The van der Waals surface area contributed by atoms with E-state index in [9.17, 15) is 10.4 Å². The van der Waals surface area contributed by atoms with Crippen molar-refractivity contribution < 1.29 is 20.0 Å². The first-order valence-corrected chi connectivity index (χ1v) is 20.3. The van der Waals surface area contributed by atoms with Gasteiger partial charge in [0.1, 0.15) is 18.5 Å². The summed E-state index contributed by atoms with van der Waals surface area (Å²) in [5, 5.41) is 20.2. The molecule has 0 aromatic heterocycles. The maximum Gasteiger partial charge on any atom is 0.125 e. The van der Waals surface area contributed by atoms with E-state index in [1.165, 1.54) is 38.5 Å². The Hall–Kier alpha value is -3.06. The van der Waals surface area contributed by atoms with Crippen molar-refractivity contribution in [2.24, 2.45) is 58.2 Å². The molecule has 2 aromatic rings. The van der Waals surface area contributed by atoms with Gasteiger partial charge in [-0.15, -0.1) is 0 Å². The summed E-state index contributed by atoms with van der Waals surface area (Å²) >= 11 is 0. The van der Waals surface area contributed by atoms with Crippen molar-refractivity contribution in [3.05, 3.63) is 83.0 Å². The quantitative estimate of drug-likeness (QED) is 0.0708. The van der Waals surface area contributed by atoms with Crippen LogP contribution in [0.1, 0.15) is 123 Å². The van der Waals surface area contributed by atoms with Crippen molar-refractivity contribution in [3.63, 3.8) is 0 Å². The molecule has 4 aliphatic carbocycles. The summed E-state index contributed by atoms with van der Waals surface area (Å²) in [6.07, 6.45) is 22.4. The van der Waals surface area contributed by atoms with Gasteiger partial charge in [-0.1, -0.05) is 91.0 Å². The number of anilines is 2. The van der Waals surface area contributed by atoms with Gasteiger partial charge in [0.15, 0.2) is 0 Å². The van der Waals surface area contributed by atoms with Crippen LogP contribution in [-0.4, -0.2) is 16.5 Å². The minimum Gasteiger partial charge on any atom is -0.489 e. The molecule has 292 valence electrons. The lowest BCUT2D eigenvalue weighted by atomic mass is 9.46. The molecule has 6 N–H and O–H groups in total. The van der Waals surface area contributed by atoms with Crippen LogP contribution >= 0.6 is 0 Å². The van der Waals surface area contributed by atoms with Gasteiger partial charge in [0.25, 0.3) is 0 Å². The van der Waals surface area contributed by atoms with Crippen LogP contribution in [0.15, 0.2) is 66.3 Å². The van der Waals surface area contributed by atoms with Gasteiger partial charge in [-0.2, -0.15) is 0 Å². The number of nitrogens with two attached hydrogens (primary N) is 2. The first kappa shape index (κ1) is 41.1. The number of hydrogen-bond donors (Lipinski definition) is 4. The second-order valence-corrected chi connectivity index (χ2v) is 17.8. The summed E-state index contributed by atoms with van der Waals surface area (Å²) in [7, 11) is 0. The van der Waals surface area contributed by atoms with Gasteiger partial charge in [0.05, 0.1) is 6.61 Å². The van der Waals surface area contributed by atoms with Gasteiger partial charge in [-0.05, 0) is 157 Å². The highest BCUT2D eigenvalue weighted by atomic mass is 17.1. The van der Waals surface area contributed by atoms with Crippen LogP contribution in [0.5, 0.6) is 5.75 Å². The molecule has 0 radical (unpaired) electrons. The molecule has 0 bridgehead atoms. The second kappa shape index (κ2) is 17.2. The van der Waals surface area contributed by atoms with E-state index < -0.39 is 6.10 Å². The normalized spacial score (nSPS) is 31.3. The molecule has 0 amide bonds. The van der Waals surface area contributed by atoms with E-state index >= 15 is 0 Å². The number of aliphatic hydroxyl groups is 1. The van der Waals surface area contributed by atoms with Gasteiger partial charge in [-0.3, -0.25) is 5.26 Å². The van der Waals surface area contributed by atoms with Crippen LogP contribution in [0.4, 0.5) is 11.4 Å². The molecule has 6 heteroatoms. The van der Waals surface area contributed by atoms with Crippen molar-refractivity contribution in [2.45, 2.75) is 126 Å². The minimum atomic E-state index is -0.395. The fourth-order valence-electron chi connectivity index (χ4n) is 11.6. The molecule has 0 aliphatic heterocycles. The van der Waals surface area contributed by atoms with Crippen LogP contribution in [0.25, 0.3) is 6.08 Å². The predicted molar refractivity (Wildman–Crippen MR) is 221 cm³/mol. The van der Waals surface area contributed by atoms with E-state index in [-0.39, 0.29) is 25.4 Å². The lowest BCUT2D eigenvalue weighted by molar-refractivity contribution is -0.278. The maximum atomic E-state index is 10.1. The van der Waals surface area contributed by atoms with Crippen molar-refractivity contribution in [2.75, 3.05) is 11.5 Å². The van der Waals surface area contributed by atoms with E-state index in [2.05, 4.69) is 59.8 Å². The molecule has 0 heterocycles. The number of benzene rings is 2. The van der Waals surface area contributed by atoms with E-state index in [0.29, 0.717) is 52.5 Å². The average molecular weight is 727 g/mol. The number of nitrogen functional groups attached to an aromatic ring is 2. The Labute approximate surface area is 321 Å². The third-order valence-corrected chi connectivity index (χ3v) is 14.6. The molecule has 0 saturated heterocycles. The van der Waals surface area contributed by atoms with Gasteiger partial charge in [-0.25, -0.2) is 4.89 Å². The fraction of sp³-hybridized carbons (Fsp3) is 0.617. The zero-order valence-electron chi connectivity index (χ0n) is 32.7. The average Bonchev–Trinajstić information content (AvgIpc) is 3.48. The van der Waals surface area contributed by atoms with Gasteiger partial charge in [0, 0.05) is 16.9 Å². The molecule has 3 saturated carbocycles. The third kappa shape index (κ3) is 8.45. The molecule has 0 spiro atoms. The zero-order chi connectivity index (χ0) is 37.2. The number of hydrogen-bond acceptors (Lipinski definition) is 6. The number of allylic oxidation sites excluding steroid dienone is 4. The molecular weight excluding hydrogens is 657 g/mol. The molecule has 3 fully saturated rings. The van der Waals surface area contributed by atoms with Crippen molar-refractivity contribution in [1.82, 2.24) is 0 Å². The third-order valence-electron chi connectivity index (χ3n) is 14.6. The van der Waals surface area contributed by atoms with Crippen molar-refractivity contribution in [3.8, 4) is 5.75 Å². The smallest absolute Gasteiger partial charge is 0.125 e. The molecule has 10 atom stereocenters. The summed E-state index contributed by atoms with van der Waals surface area (Å²) in [5.74, 6) is 6.00. The largest absolute Gasteiger partial charge is 0.489 e. The van der Waals surface area contributed by atoms with E-state index in [1.54, 1.807) is 11.6 Å². The number of ether oxygens (including phenoxy) is 1. The van der Waals surface area contributed by atoms with E-state index in [0.717, 1.165) is 54.1 Å². The Bertz CT molecular complexity index is 1610. The standard InChI is InChI=1S/C46H66N2O4.CH4/c1-7-33(29(2)3)11-8-30(4)40-14-15-41-39-13-12-36-25-34(18-20-45(36,5)42(39)19-21-46(40,41)6)44(52-50)17-10-31-9-16-43(35(22-31)27-49)51-28-32-23-37(47)26-38(48)24-32;/h8-12,16-17,22-24,26,29-30,33-34,39-42,44,49-50H,7,13-15,18-21,25,27-28,47-48H2,1-6H3;1H4/b11-8+,17-10+;. The second-order valence-electron chi connectivity index (χ2n) is 17.8. The van der Waals surface area contributed by atoms with E-state index in [4.69, 9.17) is 21.1 Å². The Kier molecular flexibility index (Phi) is 13.3. The van der Waals surface area contributed by atoms with Crippen molar-refractivity contribution >= 4 is 17.5 Å². The molecule has 53 heavy (non-hydrogen) atoms. The summed E-state index contributed by atoms with van der Waals surface area (Å²) in [6, 6.07) is 11.1. The number of fused-ring (bicyclic) bond motifs is 5. The highest BCUT2D eigenvalue weighted by Gasteiger charge is 2.59. The van der Waals surface area contributed by atoms with Gasteiger partial charge in [0.2, 0.25) is 0 Å². The number of aliphatic hydroxyl groups excluding tert-OH is 1. The molecule has 4 aliphatic rings. The number of rotatable bonds is 13. The molecule has 6 nitrogen and oxygen atoms in total. The molecule has 10 unspecified atom stereocenters. The van der Waals surface area contributed by atoms with Crippen LogP contribution in [0.3, 0.4) is 0 Å². The summed E-state index contributed by atoms with van der Waals surface area (Å²) in [6.45, 7) is 14.9. The van der Waals surface area contributed by atoms with Crippen LogP contribution < -0.4 is 16.2 Å². The Morgan fingerprint density at radius 3 is 2.36 bits per heavy atom. The van der Waals surface area contributed by atoms with Crippen molar-refractivity contribution in [1.29, 1.82) is 0 Å². The SMILES string of the molecule is C.CCC(/C=C/C(C)C1CCC2C3CC=C4CC(C(/C=C/c5ccc(OCc6cc(N)cc(N)c6)c(CO)c5)OO)CCC4(C)C3CCC12C)C(C)C. The lowest BCUT2D eigenvalue weighted by Gasteiger charge is -2.58. The Morgan fingerprint density at radius 2 is 1.68 bits per heavy atom. The molecule has 2 aromatic carbocycles. The minimum absolute atomic E-state index is 0. The topological polar surface area (TPSA) is 111 Å². The first-order chi connectivity index (χ1) is 24.9. The molecule has 6 rings (SSSR count). The monoisotopic (exact) mass is 727 g/mol. The van der Waals surface area contributed by atoms with Crippen LogP contribution in [-0.2, 0) is 18.1 Å². The van der Waals surface area contributed by atoms with E-state index in [1.807, 2.05) is 42.5 Å². The van der Waals surface area contributed by atoms with Crippen LogP contribution in [0, 0.1) is 58.2 Å². The Morgan fingerprint density at radius 1 is 0.925 bits per heavy atom. The summed E-state index contributed by atoms with van der Waals surface area (Å²) in [5.41, 5.74) is 17.8. The fourth-order valence-corrected chi connectivity index (χ4v) is 11.6. The van der Waals surface area contributed by atoms with Gasteiger partial charge >= 0.3 is 0 Å². The maximum absolute atomic E-state index is 10.1. The molecular formula is C47H70N2O4. The van der Waals surface area contributed by atoms with Gasteiger partial charge < -0.3 is 21.3 Å². The highest BCUT2D eigenvalue weighted by molar-refractivity contribution is 5.55. The predicted octanol–water partition coefficient (Wildman–Crippen LogP) is 11.5. The Balaban J connectivity index is 0.00000541. The lowest BCUT2D eigenvalue weighted by Crippen LogP contribution is -2.50. The summed E-state index contributed by atoms with van der Waals surface area (Å²) < 4.78 is 6.02.